The summed E-state index contributed by atoms with van der Waals surface area (Å²) in [6, 6.07) is 13.2. The fourth-order valence-corrected chi connectivity index (χ4v) is 2.42. The smallest absolute Gasteiger partial charge is 0.234 e. The van der Waals surface area contributed by atoms with Crippen LogP contribution in [-0.4, -0.2) is 26.3 Å². The molecule has 0 fully saturated rings. The van der Waals surface area contributed by atoms with Crippen molar-refractivity contribution in [2.45, 2.75) is 0 Å². The van der Waals surface area contributed by atoms with E-state index in [1.54, 1.807) is 27.5 Å². The first-order valence-corrected chi connectivity index (χ1v) is 7.09. The number of aromatic nitrogens is 1. The normalized spacial score (nSPS) is 10.4. The molecule has 0 saturated carbocycles. The molecule has 0 atom stereocenters. The monoisotopic (exact) mass is 311 g/mol. The zero-order valence-corrected chi connectivity index (χ0v) is 13.2. The molecule has 0 aliphatic carbocycles. The minimum atomic E-state index is 0.431. The third kappa shape index (κ3) is 2.73. The molecule has 1 heterocycles. The van der Waals surface area contributed by atoms with Crippen LogP contribution in [-0.2, 0) is 0 Å². The maximum Gasteiger partial charge on any atom is 0.234 e. The number of para-hydroxylation sites is 1. The molecule has 0 bridgehead atoms. The molecule has 3 rings (SSSR count). The molecule has 0 saturated heterocycles. The average molecular weight is 311 g/mol. The zero-order valence-electron chi connectivity index (χ0n) is 13.2. The molecule has 0 aliphatic heterocycles. The predicted octanol–water partition coefficient (Wildman–Crippen LogP) is 4.03. The number of hydrogen-bond donors (Lipinski definition) is 0. The van der Waals surface area contributed by atoms with Gasteiger partial charge in [-0.1, -0.05) is 18.2 Å². The molecular weight excluding hydrogens is 294 g/mol. The Morgan fingerprint density at radius 3 is 2.04 bits per heavy atom. The largest absolute Gasteiger partial charge is 0.496 e. The van der Waals surface area contributed by atoms with Crippen LogP contribution in [0.4, 0.5) is 0 Å². The number of benzene rings is 2. The van der Waals surface area contributed by atoms with Crippen LogP contribution in [0.15, 0.2) is 53.1 Å². The molecule has 2 aromatic carbocycles. The second-order valence-electron chi connectivity index (χ2n) is 4.77. The van der Waals surface area contributed by atoms with Crippen LogP contribution in [0.2, 0.25) is 0 Å². The number of rotatable bonds is 5. The SMILES string of the molecule is COc1ccccc1-c1cnc(-c2c(OC)cccc2OC)o1. The lowest BCUT2D eigenvalue weighted by Crippen LogP contribution is -1.92. The molecule has 23 heavy (non-hydrogen) atoms. The second-order valence-corrected chi connectivity index (χ2v) is 4.77. The Hall–Kier alpha value is -2.95. The summed E-state index contributed by atoms with van der Waals surface area (Å²) in [4.78, 5) is 4.37. The van der Waals surface area contributed by atoms with E-state index in [4.69, 9.17) is 18.6 Å². The van der Waals surface area contributed by atoms with Crippen LogP contribution in [0.1, 0.15) is 0 Å². The lowest BCUT2D eigenvalue weighted by atomic mass is 10.1. The molecule has 5 heteroatoms. The molecule has 5 nitrogen and oxygen atoms in total. The number of hydrogen-bond acceptors (Lipinski definition) is 5. The van der Waals surface area contributed by atoms with E-state index < -0.39 is 0 Å². The van der Waals surface area contributed by atoms with Crippen molar-refractivity contribution in [2.24, 2.45) is 0 Å². The van der Waals surface area contributed by atoms with Gasteiger partial charge in [0, 0.05) is 0 Å². The summed E-state index contributed by atoms with van der Waals surface area (Å²) in [5.41, 5.74) is 1.52. The van der Waals surface area contributed by atoms with Gasteiger partial charge in [0.25, 0.3) is 0 Å². The van der Waals surface area contributed by atoms with Crippen LogP contribution in [0.3, 0.4) is 0 Å². The molecule has 0 amide bonds. The Labute approximate surface area is 134 Å². The number of ether oxygens (including phenoxy) is 3. The van der Waals surface area contributed by atoms with Crippen molar-refractivity contribution >= 4 is 0 Å². The fourth-order valence-electron chi connectivity index (χ4n) is 2.42. The predicted molar refractivity (Wildman–Crippen MR) is 87.0 cm³/mol. The molecule has 118 valence electrons. The third-order valence-electron chi connectivity index (χ3n) is 3.52. The zero-order chi connectivity index (χ0) is 16.2. The molecule has 3 aromatic rings. The summed E-state index contributed by atoms with van der Waals surface area (Å²) in [6.45, 7) is 0. The van der Waals surface area contributed by atoms with E-state index in [0.29, 0.717) is 28.7 Å². The highest BCUT2D eigenvalue weighted by atomic mass is 16.5. The minimum Gasteiger partial charge on any atom is -0.496 e. The van der Waals surface area contributed by atoms with Gasteiger partial charge in [0.15, 0.2) is 5.76 Å². The van der Waals surface area contributed by atoms with Crippen LogP contribution in [0.25, 0.3) is 22.8 Å². The summed E-state index contributed by atoms with van der Waals surface area (Å²) in [5, 5.41) is 0. The third-order valence-corrected chi connectivity index (χ3v) is 3.52. The molecule has 0 unspecified atom stereocenters. The van der Waals surface area contributed by atoms with E-state index in [9.17, 15) is 0 Å². The minimum absolute atomic E-state index is 0.431. The lowest BCUT2D eigenvalue weighted by molar-refractivity contribution is 0.394. The van der Waals surface area contributed by atoms with Gasteiger partial charge in [0.2, 0.25) is 5.89 Å². The number of methoxy groups -OCH3 is 3. The van der Waals surface area contributed by atoms with Gasteiger partial charge in [-0.25, -0.2) is 4.98 Å². The molecule has 1 aromatic heterocycles. The van der Waals surface area contributed by atoms with E-state index in [1.807, 2.05) is 42.5 Å². The van der Waals surface area contributed by atoms with Crippen molar-refractivity contribution < 1.29 is 18.6 Å². The highest BCUT2D eigenvalue weighted by Gasteiger charge is 2.19. The Morgan fingerprint density at radius 1 is 0.783 bits per heavy atom. The summed E-state index contributed by atoms with van der Waals surface area (Å²) >= 11 is 0. The summed E-state index contributed by atoms with van der Waals surface area (Å²) in [7, 11) is 4.82. The Morgan fingerprint density at radius 2 is 1.39 bits per heavy atom. The van der Waals surface area contributed by atoms with Crippen molar-refractivity contribution in [3.8, 4) is 40.0 Å². The summed E-state index contributed by atoms with van der Waals surface area (Å²) in [6.07, 6.45) is 1.67. The first-order valence-electron chi connectivity index (χ1n) is 7.09. The van der Waals surface area contributed by atoms with Crippen LogP contribution in [0, 0.1) is 0 Å². The van der Waals surface area contributed by atoms with Gasteiger partial charge in [0.1, 0.15) is 22.8 Å². The summed E-state index contributed by atoms with van der Waals surface area (Å²) < 4.78 is 22.1. The number of nitrogens with zero attached hydrogens (tertiary/aromatic N) is 1. The van der Waals surface area contributed by atoms with Crippen molar-refractivity contribution in [3.63, 3.8) is 0 Å². The van der Waals surface area contributed by atoms with E-state index >= 15 is 0 Å². The van der Waals surface area contributed by atoms with E-state index in [0.717, 1.165) is 11.3 Å². The molecule has 0 spiro atoms. The lowest BCUT2D eigenvalue weighted by Gasteiger charge is -2.10. The van der Waals surface area contributed by atoms with Crippen LogP contribution in [0.5, 0.6) is 17.2 Å². The Kier molecular flexibility index (Phi) is 4.19. The average Bonchev–Trinajstić information content (AvgIpc) is 3.10. The van der Waals surface area contributed by atoms with Crippen LogP contribution >= 0.6 is 0 Å². The fraction of sp³-hybridized carbons (Fsp3) is 0.167. The first-order chi connectivity index (χ1) is 11.3. The molecular formula is C18H17NO4. The van der Waals surface area contributed by atoms with Crippen molar-refractivity contribution in [2.75, 3.05) is 21.3 Å². The Balaban J connectivity index is 2.10. The highest BCUT2D eigenvalue weighted by molar-refractivity contribution is 5.73. The van der Waals surface area contributed by atoms with Gasteiger partial charge in [-0.3, -0.25) is 0 Å². The maximum atomic E-state index is 5.93. The molecule has 0 aliphatic rings. The van der Waals surface area contributed by atoms with Crippen molar-refractivity contribution in [3.05, 3.63) is 48.7 Å². The topological polar surface area (TPSA) is 53.7 Å². The first kappa shape index (κ1) is 15.0. The standard InChI is InChI=1S/C18H17NO4/c1-20-13-8-5-4-7-12(13)16-11-19-18(23-16)17-14(21-2)9-6-10-15(17)22-3/h4-11H,1-3H3. The highest BCUT2D eigenvalue weighted by Crippen LogP contribution is 2.40. The van der Waals surface area contributed by atoms with Gasteiger partial charge in [-0.05, 0) is 24.3 Å². The Bertz CT molecular complexity index is 788. The quantitative estimate of drug-likeness (QED) is 0.712. The van der Waals surface area contributed by atoms with E-state index in [1.165, 1.54) is 0 Å². The molecule has 0 radical (unpaired) electrons. The van der Waals surface area contributed by atoms with Crippen molar-refractivity contribution in [1.82, 2.24) is 4.98 Å². The molecule has 0 N–H and O–H groups in total. The van der Waals surface area contributed by atoms with Gasteiger partial charge in [-0.15, -0.1) is 0 Å². The van der Waals surface area contributed by atoms with E-state index in [-0.39, 0.29) is 0 Å². The number of oxazole rings is 1. The van der Waals surface area contributed by atoms with Gasteiger partial charge in [0.05, 0.1) is 33.1 Å². The summed E-state index contributed by atoms with van der Waals surface area (Å²) in [5.74, 6) is 3.04. The van der Waals surface area contributed by atoms with Crippen LogP contribution < -0.4 is 14.2 Å². The van der Waals surface area contributed by atoms with Gasteiger partial charge < -0.3 is 18.6 Å². The van der Waals surface area contributed by atoms with Crippen molar-refractivity contribution in [1.29, 1.82) is 0 Å². The maximum absolute atomic E-state index is 5.93. The van der Waals surface area contributed by atoms with Gasteiger partial charge >= 0.3 is 0 Å². The second kappa shape index (κ2) is 6.44. The van der Waals surface area contributed by atoms with Gasteiger partial charge in [-0.2, -0.15) is 0 Å². The van der Waals surface area contributed by atoms with E-state index in [2.05, 4.69) is 4.98 Å².